The van der Waals surface area contributed by atoms with E-state index in [1.54, 1.807) is 12.1 Å². The van der Waals surface area contributed by atoms with Crippen molar-refractivity contribution in [1.29, 1.82) is 5.26 Å². The van der Waals surface area contributed by atoms with E-state index in [9.17, 15) is 19.5 Å². The molecule has 1 aromatic carbocycles. The van der Waals surface area contributed by atoms with Gasteiger partial charge in [0.15, 0.2) is 12.0 Å². The average Bonchev–Trinajstić information content (AvgIpc) is 3.24. The Balaban J connectivity index is 1.84. The number of Topliss-reactive ketones (excluding diaryl/α,β-unsaturated/α-hetero) is 1. The van der Waals surface area contributed by atoms with E-state index in [2.05, 4.69) is 10.3 Å². The van der Waals surface area contributed by atoms with Crippen molar-refractivity contribution in [3.05, 3.63) is 58.1 Å². The minimum absolute atomic E-state index is 0.0177. The SMILES string of the molecule is CC(C)N(C(C)C)P(OCCC#N)O[C@H]1[C@H]2C(=O)c3ccccc3C(=O)Nc3ccn(c(=O)n3)[C@@H]2O[C@@H]1CO. The summed E-state index contributed by atoms with van der Waals surface area (Å²) in [6.45, 7) is 7.50. The number of carbonyl (C=O) groups excluding carboxylic acids is 2. The van der Waals surface area contributed by atoms with Crippen LogP contribution in [0.3, 0.4) is 0 Å². The summed E-state index contributed by atoms with van der Waals surface area (Å²) in [6, 6.07) is 9.77. The first-order chi connectivity index (χ1) is 18.7. The molecule has 1 amide bonds. The molecule has 1 fully saturated rings. The van der Waals surface area contributed by atoms with E-state index in [1.165, 1.54) is 29.0 Å². The van der Waals surface area contributed by atoms with Crippen molar-refractivity contribution in [2.75, 3.05) is 18.5 Å². The molecule has 208 valence electrons. The minimum atomic E-state index is -1.83. The molecular formula is C26H32N5O7P. The minimum Gasteiger partial charge on any atom is -0.394 e. The summed E-state index contributed by atoms with van der Waals surface area (Å²) in [4.78, 5) is 44.2. The fourth-order valence-electron chi connectivity index (χ4n) is 4.87. The van der Waals surface area contributed by atoms with Gasteiger partial charge in [0.05, 0.1) is 37.2 Å². The number of hydrogen-bond acceptors (Lipinski definition) is 10. The predicted octanol–water partition coefficient (Wildman–Crippen LogP) is 2.86. The van der Waals surface area contributed by atoms with Gasteiger partial charge in [0.2, 0.25) is 0 Å². The molecule has 3 aliphatic heterocycles. The number of benzene rings is 1. The van der Waals surface area contributed by atoms with Gasteiger partial charge in [0.1, 0.15) is 18.0 Å². The van der Waals surface area contributed by atoms with Crippen LogP contribution in [0.2, 0.25) is 0 Å². The highest BCUT2D eigenvalue weighted by Gasteiger charge is 2.53. The Bertz CT molecular complexity index is 1300. The Morgan fingerprint density at radius 3 is 2.49 bits per heavy atom. The molecule has 13 heteroatoms. The molecule has 0 aliphatic carbocycles. The zero-order valence-electron chi connectivity index (χ0n) is 22.2. The average molecular weight is 558 g/mol. The molecule has 2 N–H and O–H groups in total. The Morgan fingerprint density at radius 1 is 1.18 bits per heavy atom. The molecule has 1 saturated heterocycles. The lowest BCUT2D eigenvalue weighted by molar-refractivity contribution is -0.0457. The van der Waals surface area contributed by atoms with Gasteiger partial charge in [-0.1, -0.05) is 18.2 Å². The van der Waals surface area contributed by atoms with Crippen LogP contribution in [-0.4, -0.2) is 68.5 Å². The summed E-state index contributed by atoms with van der Waals surface area (Å²) in [5.41, 5.74) is -0.511. The summed E-state index contributed by atoms with van der Waals surface area (Å²) in [5.74, 6) is -2.18. The molecule has 0 radical (unpaired) electrons. The van der Waals surface area contributed by atoms with Crippen molar-refractivity contribution in [2.45, 2.75) is 64.6 Å². The van der Waals surface area contributed by atoms with Crippen molar-refractivity contribution in [2.24, 2.45) is 5.92 Å². The number of aliphatic hydroxyl groups excluding tert-OH is 1. The van der Waals surface area contributed by atoms with Gasteiger partial charge in [-0.3, -0.25) is 14.2 Å². The van der Waals surface area contributed by atoms with Crippen LogP contribution < -0.4 is 11.0 Å². The molecule has 3 aliphatic rings. The predicted molar refractivity (Wildman–Crippen MR) is 142 cm³/mol. The van der Waals surface area contributed by atoms with Crippen molar-refractivity contribution >= 4 is 26.0 Å². The molecule has 0 saturated carbocycles. The van der Waals surface area contributed by atoms with E-state index in [4.69, 9.17) is 19.0 Å². The number of ether oxygens (including phenoxy) is 1. The highest BCUT2D eigenvalue weighted by atomic mass is 31.2. The number of nitrogens with zero attached hydrogens (tertiary/aromatic N) is 4. The van der Waals surface area contributed by atoms with Crippen LogP contribution in [0, 0.1) is 17.2 Å². The lowest BCUT2D eigenvalue weighted by Gasteiger charge is -2.38. The number of carbonyl (C=O) groups is 2. The molecule has 2 aromatic rings. The number of anilines is 1. The van der Waals surface area contributed by atoms with E-state index >= 15 is 0 Å². The van der Waals surface area contributed by atoms with Gasteiger partial charge in [-0.25, -0.2) is 9.46 Å². The first kappa shape index (κ1) is 29.0. The Labute approximate surface area is 227 Å². The lowest BCUT2D eigenvalue weighted by atomic mass is 9.88. The van der Waals surface area contributed by atoms with Crippen LogP contribution in [-0.2, 0) is 13.8 Å². The summed E-state index contributed by atoms with van der Waals surface area (Å²) < 4.78 is 21.8. The maximum atomic E-state index is 14.2. The van der Waals surface area contributed by atoms with Crippen LogP contribution in [0.1, 0.15) is 61.1 Å². The normalized spacial score (nSPS) is 23.4. The number of aromatic nitrogens is 2. The second kappa shape index (κ2) is 12.4. The van der Waals surface area contributed by atoms with Gasteiger partial charge in [-0.15, -0.1) is 0 Å². The lowest BCUT2D eigenvalue weighted by Crippen LogP contribution is -2.41. The van der Waals surface area contributed by atoms with E-state index in [-0.39, 0.29) is 42.1 Å². The van der Waals surface area contributed by atoms with E-state index in [1.807, 2.05) is 38.4 Å². The fraction of sp³-hybridized carbons (Fsp3) is 0.500. The van der Waals surface area contributed by atoms with Gasteiger partial charge >= 0.3 is 5.69 Å². The second-order valence-electron chi connectivity index (χ2n) is 9.76. The first-order valence-electron chi connectivity index (χ1n) is 12.7. The van der Waals surface area contributed by atoms with Crippen molar-refractivity contribution in [1.82, 2.24) is 14.2 Å². The largest absolute Gasteiger partial charge is 0.394 e. The smallest absolute Gasteiger partial charge is 0.351 e. The summed E-state index contributed by atoms with van der Waals surface area (Å²) in [7, 11) is -1.83. The maximum Gasteiger partial charge on any atom is 0.351 e. The monoisotopic (exact) mass is 557 g/mol. The van der Waals surface area contributed by atoms with Gasteiger partial charge in [0.25, 0.3) is 14.4 Å². The van der Waals surface area contributed by atoms with Crippen LogP contribution in [0.5, 0.6) is 0 Å². The molecule has 5 rings (SSSR count). The molecule has 39 heavy (non-hydrogen) atoms. The van der Waals surface area contributed by atoms with Crippen molar-refractivity contribution in [3.63, 3.8) is 0 Å². The number of fused-ring (bicyclic) bond motifs is 3. The molecule has 0 spiro atoms. The summed E-state index contributed by atoms with van der Waals surface area (Å²) >= 11 is 0. The highest BCUT2D eigenvalue weighted by molar-refractivity contribution is 7.44. The topological polar surface area (TPSA) is 156 Å². The Hall–Kier alpha value is -3.04. The summed E-state index contributed by atoms with van der Waals surface area (Å²) in [5, 5.41) is 21.9. The molecule has 2 bridgehead atoms. The third kappa shape index (κ3) is 5.94. The highest BCUT2D eigenvalue weighted by Crippen LogP contribution is 2.51. The molecule has 1 aromatic heterocycles. The molecule has 1 unspecified atom stereocenters. The third-order valence-corrected chi connectivity index (χ3v) is 8.61. The third-order valence-electron chi connectivity index (χ3n) is 6.48. The van der Waals surface area contributed by atoms with Gasteiger partial charge in [-0.2, -0.15) is 10.2 Å². The van der Waals surface area contributed by atoms with Crippen LogP contribution in [0.25, 0.3) is 0 Å². The number of nitrogens with one attached hydrogen (secondary N) is 1. The number of aliphatic hydroxyl groups is 1. The number of amides is 1. The zero-order chi connectivity index (χ0) is 28.3. The number of rotatable bonds is 9. The Morgan fingerprint density at radius 2 is 1.87 bits per heavy atom. The van der Waals surface area contributed by atoms with E-state index in [0.717, 1.165) is 0 Å². The molecular weight excluding hydrogens is 525 g/mol. The second-order valence-corrected chi connectivity index (χ2v) is 11.2. The fourth-order valence-corrected chi connectivity index (χ4v) is 6.65. The molecule has 5 atom stereocenters. The molecule has 12 nitrogen and oxygen atoms in total. The van der Waals surface area contributed by atoms with Crippen LogP contribution >= 0.6 is 8.53 Å². The first-order valence-corrected chi connectivity index (χ1v) is 13.9. The number of ketones is 1. The zero-order valence-corrected chi connectivity index (χ0v) is 23.1. The van der Waals surface area contributed by atoms with Gasteiger partial charge < -0.3 is 24.2 Å². The Kier molecular flexibility index (Phi) is 9.23. The maximum absolute atomic E-state index is 14.2. The van der Waals surface area contributed by atoms with Crippen LogP contribution in [0.15, 0.2) is 41.3 Å². The summed E-state index contributed by atoms with van der Waals surface area (Å²) in [6.07, 6.45) is -1.69. The van der Waals surface area contributed by atoms with E-state index in [0.29, 0.717) is 0 Å². The van der Waals surface area contributed by atoms with Crippen molar-refractivity contribution in [3.8, 4) is 6.07 Å². The number of nitriles is 1. The van der Waals surface area contributed by atoms with Gasteiger partial charge in [-0.05, 0) is 39.8 Å². The number of hydrogen-bond donors (Lipinski definition) is 2. The van der Waals surface area contributed by atoms with Crippen molar-refractivity contribution < 1.29 is 28.5 Å². The van der Waals surface area contributed by atoms with Gasteiger partial charge in [0, 0.05) is 23.8 Å². The molecule has 4 heterocycles. The quantitative estimate of drug-likeness (QED) is 0.347. The van der Waals surface area contributed by atoms with E-state index < -0.39 is 56.9 Å². The standard InChI is InChI=1S/C26H32N5O7P/c1-15(2)31(16(3)4)39(36-13-7-11-27)38-23-19(14-32)37-25-21(23)22(33)17-8-5-6-9-18(17)24(34)28-20-10-12-30(25)26(35)29-20/h5-6,8-10,12,15-16,19,21,23,25,32H,7,13-14H2,1-4H3,(H,28,29,34,35)/t19-,21-,23-,25-,39?/m1/s1. The van der Waals surface area contributed by atoms with Crippen LogP contribution in [0.4, 0.5) is 5.82 Å².